The molecule has 2 amide bonds. The zero-order chi connectivity index (χ0) is 34.6. The standard InChI is InChI=1S/C38H41N7O4S/c1-24-10-11-27(20-39-24)34-41-25(2)32(50-34)37(48)43-16-12-29(31(21-43)26-7-4-3-5-8-26)35(46)42-17-13-38(49,14-18-42)22-44-23-40-33-30(36(44)47)19-28-9-6-15-45(28)33/h3-5,7-8,10-11,19-20,23,29,31,49H,6,9,12-18,21-22H2,1-2H3/t29-,31+/m1/s1. The van der Waals surface area contributed by atoms with Gasteiger partial charge in [0.05, 0.1) is 23.2 Å². The molecule has 2 fully saturated rings. The number of thiazole rings is 1. The maximum absolute atomic E-state index is 14.2. The van der Waals surface area contributed by atoms with Gasteiger partial charge in [0.15, 0.2) is 0 Å². The molecule has 0 unspecified atom stereocenters. The van der Waals surface area contributed by atoms with E-state index in [0.717, 1.165) is 52.6 Å². The van der Waals surface area contributed by atoms with Crippen LogP contribution in [-0.4, -0.2) is 82.6 Å². The van der Waals surface area contributed by atoms with Crippen LogP contribution in [0.3, 0.4) is 0 Å². The minimum atomic E-state index is -1.12. The first kappa shape index (κ1) is 32.5. The SMILES string of the molecule is Cc1ccc(-c2nc(C)c(C(=O)N3CC[C@@H](C(=O)N4CCC(O)(Cn5cnc6c(cc7n6CCC7)c5=O)CC4)[C@H](c4ccccc4)C3)s2)cn1. The predicted molar refractivity (Wildman–Crippen MR) is 191 cm³/mol. The summed E-state index contributed by atoms with van der Waals surface area (Å²) in [7, 11) is 0. The highest BCUT2D eigenvalue weighted by molar-refractivity contribution is 7.17. The van der Waals surface area contributed by atoms with Crippen LogP contribution in [-0.2, 0) is 24.3 Å². The van der Waals surface area contributed by atoms with Crippen LogP contribution in [0, 0.1) is 19.8 Å². The zero-order valence-corrected chi connectivity index (χ0v) is 29.2. The van der Waals surface area contributed by atoms with E-state index in [4.69, 9.17) is 4.98 Å². The van der Waals surface area contributed by atoms with Gasteiger partial charge in [-0.05, 0) is 69.7 Å². The van der Waals surface area contributed by atoms with Gasteiger partial charge in [-0.3, -0.25) is 23.9 Å². The summed E-state index contributed by atoms with van der Waals surface area (Å²) in [5, 5.41) is 13.0. The lowest BCUT2D eigenvalue weighted by molar-refractivity contribution is -0.142. The average Bonchev–Trinajstić information content (AvgIpc) is 3.85. The van der Waals surface area contributed by atoms with Crippen LogP contribution in [0.4, 0.5) is 0 Å². The zero-order valence-electron chi connectivity index (χ0n) is 28.4. The van der Waals surface area contributed by atoms with Gasteiger partial charge in [0, 0.05) is 67.7 Å². The van der Waals surface area contributed by atoms with Gasteiger partial charge in [0.1, 0.15) is 21.9 Å². The number of piperidine rings is 2. The summed E-state index contributed by atoms with van der Waals surface area (Å²) in [5.41, 5.74) is 4.14. The Kier molecular flexibility index (Phi) is 8.39. The molecule has 0 aliphatic carbocycles. The second-order valence-corrected chi connectivity index (χ2v) is 15.1. The normalized spacial score (nSPS) is 20.3. The summed E-state index contributed by atoms with van der Waals surface area (Å²) in [6, 6.07) is 15.8. The van der Waals surface area contributed by atoms with E-state index in [1.54, 1.807) is 12.5 Å². The second-order valence-electron chi connectivity index (χ2n) is 14.1. The summed E-state index contributed by atoms with van der Waals surface area (Å²) < 4.78 is 3.64. The van der Waals surface area contributed by atoms with E-state index in [0.29, 0.717) is 61.4 Å². The second kappa shape index (κ2) is 12.9. The fraction of sp³-hybridized carbons (Fsp3) is 0.421. The van der Waals surface area contributed by atoms with Gasteiger partial charge >= 0.3 is 0 Å². The number of carbonyl (C=O) groups excluding carboxylic acids is 2. The molecule has 2 atom stereocenters. The number of aromatic nitrogens is 5. The number of pyridine rings is 1. The fourth-order valence-electron chi connectivity index (χ4n) is 7.99. The van der Waals surface area contributed by atoms with Gasteiger partial charge in [-0.1, -0.05) is 30.3 Å². The fourth-order valence-corrected chi connectivity index (χ4v) is 9.01. The van der Waals surface area contributed by atoms with E-state index >= 15 is 0 Å². The summed E-state index contributed by atoms with van der Waals surface area (Å²) in [4.78, 5) is 59.6. The van der Waals surface area contributed by atoms with Crippen molar-refractivity contribution in [2.24, 2.45) is 5.92 Å². The number of fused-ring (bicyclic) bond motifs is 3. The van der Waals surface area contributed by atoms with Crippen LogP contribution in [0.5, 0.6) is 0 Å². The summed E-state index contributed by atoms with van der Waals surface area (Å²) in [6.07, 6.45) is 6.63. The number of likely N-dealkylation sites (tertiary alicyclic amines) is 2. The van der Waals surface area contributed by atoms with Gasteiger partial charge < -0.3 is 19.5 Å². The maximum Gasteiger partial charge on any atom is 0.265 e. The maximum atomic E-state index is 14.2. The van der Waals surface area contributed by atoms with Gasteiger partial charge in [0.2, 0.25) is 5.91 Å². The van der Waals surface area contributed by atoms with E-state index in [2.05, 4.69) is 14.5 Å². The lowest BCUT2D eigenvalue weighted by Crippen LogP contribution is -2.53. The highest BCUT2D eigenvalue weighted by atomic mass is 32.1. The van der Waals surface area contributed by atoms with Crippen molar-refractivity contribution in [3.8, 4) is 10.6 Å². The first-order chi connectivity index (χ1) is 24.2. The molecule has 3 aliphatic heterocycles. The van der Waals surface area contributed by atoms with Crippen LogP contribution >= 0.6 is 11.3 Å². The number of carbonyl (C=O) groups is 2. The number of hydrogen-bond donors (Lipinski definition) is 1. The summed E-state index contributed by atoms with van der Waals surface area (Å²) >= 11 is 1.39. The number of aryl methyl sites for hydroxylation is 4. The van der Waals surface area contributed by atoms with Crippen LogP contribution in [0.1, 0.15) is 63.9 Å². The van der Waals surface area contributed by atoms with Crippen molar-refractivity contribution in [3.63, 3.8) is 0 Å². The molecule has 2 saturated heterocycles. The Hall–Kier alpha value is -4.68. The molecule has 0 bridgehead atoms. The van der Waals surface area contributed by atoms with Gasteiger partial charge in [-0.25, -0.2) is 9.97 Å². The Morgan fingerprint density at radius 3 is 2.56 bits per heavy atom. The Morgan fingerprint density at radius 2 is 1.80 bits per heavy atom. The first-order valence-electron chi connectivity index (χ1n) is 17.5. The van der Waals surface area contributed by atoms with Gasteiger partial charge in [-0.2, -0.15) is 0 Å². The van der Waals surface area contributed by atoms with E-state index in [9.17, 15) is 19.5 Å². The molecule has 0 radical (unpaired) electrons. The molecular formula is C38H41N7O4S. The quantitative estimate of drug-likeness (QED) is 0.276. The molecule has 3 aliphatic rings. The molecule has 8 rings (SSSR count). The van der Waals surface area contributed by atoms with Crippen molar-refractivity contribution in [1.29, 1.82) is 0 Å². The number of aliphatic hydroxyl groups is 1. The van der Waals surface area contributed by atoms with Crippen LogP contribution < -0.4 is 5.56 Å². The van der Waals surface area contributed by atoms with Crippen molar-refractivity contribution in [1.82, 2.24) is 33.9 Å². The van der Waals surface area contributed by atoms with Gasteiger partial charge in [-0.15, -0.1) is 11.3 Å². The highest BCUT2D eigenvalue weighted by Crippen LogP contribution is 2.37. The molecule has 4 aromatic heterocycles. The third-order valence-corrected chi connectivity index (χ3v) is 12.0. The average molecular weight is 692 g/mol. The Morgan fingerprint density at radius 1 is 1.00 bits per heavy atom. The molecule has 1 N–H and O–H groups in total. The Labute approximate surface area is 294 Å². The topological polar surface area (TPSA) is 126 Å². The molecule has 12 heteroatoms. The van der Waals surface area contributed by atoms with Crippen molar-refractivity contribution >= 4 is 34.2 Å². The minimum absolute atomic E-state index is 0.0553. The van der Waals surface area contributed by atoms with Crippen molar-refractivity contribution in [2.45, 2.75) is 70.6 Å². The lowest BCUT2D eigenvalue weighted by Gasteiger charge is -2.43. The molecule has 5 aromatic rings. The van der Waals surface area contributed by atoms with E-state index in [1.807, 2.05) is 72.2 Å². The smallest absolute Gasteiger partial charge is 0.265 e. The molecule has 50 heavy (non-hydrogen) atoms. The molecule has 0 saturated carbocycles. The largest absolute Gasteiger partial charge is 0.388 e. The third-order valence-electron chi connectivity index (χ3n) is 10.8. The van der Waals surface area contributed by atoms with Crippen LogP contribution in [0.25, 0.3) is 21.6 Å². The van der Waals surface area contributed by atoms with Crippen molar-refractivity contribution in [3.05, 3.63) is 98.9 Å². The van der Waals surface area contributed by atoms with E-state index < -0.39 is 5.60 Å². The Balaban J connectivity index is 0.960. The molecule has 258 valence electrons. The van der Waals surface area contributed by atoms with E-state index in [1.165, 1.54) is 15.9 Å². The van der Waals surface area contributed by atoms with Crippen LogP contribution in [0.2, 0.25) is 0 Å². The highest BCUT2D eigenvalue weighted by Gasteiger charge is 2.42. The molecule has 1 aromatic carbocycles. The number of nitrogens with zero attached hydrogens (tertiary/aromatic N) is 7. The van der Waals surface area contributed by atoms with Crippen LogP contribution in [0.15, 0.2) is 65.8 Å². The molecule has 11 nitrogen and oxygen atoms in total. The molecule has 0 spiro atoms. The first-order valence-corrected chi connectivity index (χ1v) is 18.3. The predicted octanol–water partition coefficient (Wildman–Crippen LogP) is 4.58. The van der Waals surface area contributed by atoms with Gasteiger partial charge in [0.25, 0.3) is 11.5 Å². The lowest BCUT2D eigenvalue weighted by atomic mass is 9.79. The van der Waals surface area contributed by atoms with Crippen molar-refractivity contribution < 1.29 is 14.7 Å². The number of hydrogen-bond acceptors (Lipinski definition) is 8. The summed E-state index contributed by atoms with van der Waals surface area (Å²) in [5.74, 6) is -0.471. The minimum Gasteiger partial charge on any atom is -0.388 e. The Bertz CT molecular complexity index is 2130. The molecule has 7 heterocycles. The number of benzene rings is 1. The molecular weight excluding hydrogens is 651 g/mol. The third kappa shape index (κ3) is 5.94. The monoisotopic (exact) mass is 691 g/mol. The number of rotatable bonds is 6. The summed E-state index contributed by atoms with van der Waals surface area (Å²) in [6.45, 7) is 6.53. The van der Waals surface area contributed by atoms with Crippen molar-refractivity contribution in [2.75, 3.05) is 26.2 Å². The number of amides is 2. The van der Waals surface area contributed by atoms with E-state index in [-0.39, 0.29) is 35.8 Å².